The average Bonchev–Trinajstić information content (AvgIpc) is 2.78. The molecule has 1 aliphatic rings. The standard InChI is InChI=1S/C16H25NO2.C10H8O3S/c1-17(2)12-15(13-6-8-14(18)9-7-13)16(19)10-4-3-5-11-16;11-14(12,13)10-6-5-8-3-1-2-4-9(8)7-10/h6-9,15,18-19H,3-5,10-12H2,1-2H3;1-7H,(H,11,12,13). The van der Waals surface area contributed by atoms with Gasteiger partial charge in [-0.2, -0.15) is 8.42 Å². The van der Waals surface area contributed by atoms with Gasteiger partial charge in [-0.15, -0.1) is 0 Å². The molecule has 3 aromatic rings. The van der Waals surface area contributed by atoms with Crippen molar-refractivity contribution in [1.29, 1.82) is 0 Å². The number of benzene rings is 3. The first-order valence-corrected chi connectivity index (χ1v) is 12.6. The molecule has 0 bridgehead atoms. The summed E-state index contributed by atoms with van der Waals surface area (Å²) in [6.45, 7) is 0.835. The van der Waals surface area contributed by atoms with Crippen LogP contribution in [0.4, 0.5) is 0 Å². The van der Waals surface area contributed by atoms with Crippen molar-refractivity contribution in [1.82, 2.24) is 4.90 Å². The van der Waals surface area contributed by atoms with Crippen LogP contribution in [-0.2, 0) is 10.1 Å². The zero-order valence-electron chi connectivity index (χ0n) is 19.2. The lowest BCUT2D eigenvalue weighted by Gasteiger charge is -2.40. The minimum absolute atomic E-state index is 0.0730. The van der Waals surface area contributed by atoms with Gasteiger partial charge in [-0.3, -0.25) is 4.55 Å². The first-order valence-electron chi connectivity index (χ1n) is 11.2. The summed E-state index contributed by atoms with van der Waals surface area (Å²) in [5.41, 5.74) is 0.523. The number of phenols is 1. The summed E-state index contributed by atoms with van der Waals surface area (Å²) in [6, 6.07) is 19.2. The van der Waals surface area contributed by atoms with Crippen molar-refractivity contribution in [3.8, 4) is 5.75 Å². The number of likely N-dealkylation sites (N-methyl/N-ethyl adjacent to an activating group) is 1. The lowest BCUT2D eigenvalue weighted by atomic mass is 9.72. The molecule has 1 aliphatic carbocycles. The number of hydrogen-bond donors (Lipinski definition) is 3. The molecule has 3 N–H and O–H groups in total. The zero-order chi connectivity index (χ0) is 24.1. The Morgan fingerprint density at radius 3 is 2.09 bits per heavy atom. The van der Waals surface area contributed by atoms with E-state index in [0.717, 1.165) is 48.6 Å². The highest BCUT2D eigenvalue weighted by Gasteiger charge is 2.38. The molecule has 0 aromatic heterocycles. The van der Waals surface area contributed by atoms with Crippen LogP contribution in [0, 0.1) is 0 Å². The Morgan fingerprint density at radius 1 is 0.909 bits per heavy atom. The van der Waals surface area contributed by atoms with Gasteiger partial charge in [0.25, 0.3) is 10.1 Å². The smallest absolute Gasteiger partial charge is 0.294 e. The van der Waals surface area contributed by atoms with Crippen molar-refractivity contribution in [2.75, 3.05) is 20.6 Å². The molecule has 1 saturated carbocycles. The van der Waals surface area contributed by atoms with E-state index in [1.165, 1.54) is 18.6 Å². The molecule has 178 valence electrons. The van der Waals surface area contributed by atoms with Crippen LogP contribution in [0.2, 0.25) is 0 Å². The van der Waals surface area contributed by atoms with Crippen molar-refractivity contribution in [2.45, 2.75) is 48.5 Å². The molecule has 0 amide bonds. The van der Waals surface area contributed by atoms with E-state index in [1.807, 2.05) is 44.4 Å². The number of nitrogens with zero attached hydrogens (tertiary/aromatic N) is 1. The van der Waals surface area contributed by atoms with Crippen LogP contribution in [0.1, 0.15) is 43.6 Å². The molecule has 7 heteroatoms. The third kappa shape index (κ3) is 6.77. The fraction of sp³-hybridized carbons (Fsp3) is 0.385. The molecule has 1 unspecified atom stereocenters. The van der Waals surface area contributed by atoms with Crippen LogP contribution < -0.4 is 0 Å². The highest BCUT2D eigenvalue weighted by molar-refractivity contribution is 7.85. The Bertz CT molecular complexity index is 1150. The summed E-state index contributed by atoms with van der Waals surface area (Å²) in [5.74, 6) is 0.395. The van der Waals surface area contributed by atoms with E-state index < -0.39 is 15.7 Å². The molecule has 1 atom stereocenters. The lowest BCUT2D eigenvalue weighted by Crippen LogP contribution is -2.42. The van der Waals surface area contributed by atoms with Crippen molar-refractivity contribution in [3.63, 3.8) is 0 Å². The monoisotopic (exact) mass is 471 g/mol. The molecule has 0 spiro atoms. The van der Waals surface area contributed by atoms with Gasteiger partial charge >= 0.3 is 0 Å². The first kappa shape index (κ1) is 25.2. The molecule has 0 heterocycles. The molecule has 0 aliphatic heterocycles. The highest BCUT2D eigenvalue weighted by atomic mass is 32.2. The average molecular weight is 472 g/mol. The summed E-state index contributed by atoms with van der Waals surface area (Å²) in [5, 5.41) is 22.2. The molecule has 3 aromatic carbocycles. The number of hydrogen-bond acceptors (Lipinski definition) is 5. The van der Waals surface area contributed by atoms with Crippen LogP contribution in [0.3, 0.4) is 0 Å². The number of fused-ring (bicyclic) bond motifs is 1. The number of phenolic OH excluding ortho intramolecular Hbond substituents is 1. The van der Waals surface area contributed by atoms with Crippen LogP contribution in [0.5, 0.6) is 5.75 Å². The molecule has 6 nitrogen and oxygen atoms in total. The van der Waals surface area contributed by atoms with E-state index in [0.29, 0.717) is 0 Å². The van der Waals surface area contributed by atoms with Gasteiger partial charge in [-0.05, 0) is 67.5 Å². The summed E-state index contributed by atoms with van der Waals surface area (Å²) >= 11 is 0. The van der Waals surface area contributed by atoms with Gasteiger partial charge in [0.1, 0.15) is 5.75 Å². The first-order chi connectivity index (χ1) is 15.6. The second-order valence-corrected chi connectivity index (χ2v) is 10.5. The van der Waals surface area contributed by atoms with Crippen LogP contribution in [0.15, 0.2) is 71.6 Å². The quantitative estimate of drug-likeness (QED) is 0.462. The summed E-state index contributed by atoms with van der Waals surface area (Å²) in [4.78, 5) is 2.06. The molecule has 0 saturated heterocycles. The Labute approximate surface area is 196 Å². The van der Waals surface area contributed by atoms with Crippen molar-refractivity contribution in [2.24, 2.45) is 0 Å². The van der Waals surface area contributed by atoms with Gasteiger partial charge in [-0.25, -0.2) is 0 Å². The highest BCUT2D eigenvalue weighted by Crippen LogP contribution is 2.40. The summed E-state index contributed by atoms with van der Waals surface area (Å²) < 4.78 is 30.5. The number of aromatic hydroxyl groups is 1. The van der Waals surface area contributed by atoms with Gasteiger partial charge in [0.2, 0.25) is 0 Å². The minimum atomic E-state index is -4.09. The van der Waals surface area contributed by atoms with Crippen molar-refractivity contribution < 1.29 is 23.2 Å². The van der Waals surface area contributed by atoms with E-state index in [2.05, 4.69) is 4.90 Å². The van der Waals surface area contributed by atoms with Crippen molar-refractivity contribution in [3.05, 3.63) is 72.3 Å². The largest absolute Gasteiger partial charge is 0.508 e. The fourth-order valence-electron chi connectivity index (χ4n) is 4.50. The lowest BCUT2D eigenvalue weighted by molar-refractivity contribution is -0.0277. The molecular formula is C26H33NO5S. The van der Waals surface area contributed by atoms with Gasteiger partial charge in [0.05, 0.1) is 10.5 Å². The molecule has 1 fully saturated rings. The Morgan fingerprint density at radius 2 is 1.52 bits per heavy atom. The molecule has 4 rings (SSSR count). The molecule has 33 heavy (non-hydrogen) atoms. The second-order valence-electron chi connectivity index (χ2n) is 9.05. The van der Waals surface area contributed by atoms with Crippen LogP contribution in [0.25, 0.3) is 10.8 Å². The second kappa shape index (κ2) is 10.7. The Balaban J connectivity index is 0.000000194. The number of rotatable bonds is 5. The maximum Gasteiger partial charge on any atom is 0.294 e. The third-order valence-electron chi connectivity index (χ3n) is 6.23. The molecule has 0 radical (unpaired) electrons. The Kier molecular flexibility index (Phi) is 8.13. The van der Waals surface area contributed by atoms with Crippen LogP contribution in [-0.4, -0.2) is 54.3 Å². The zero-order valence-corrected chi connectivity index (χ0v) is 20.0. The fourth-order valence-corrected chi connectivity index (χ4v) is 5.01. The predicted octanol–water partition coefficient (Wildman–Crippen LogP) is 4.82. The van der Waals surface area contributed by atoms with Crippen molar-refractivity contribution >= 4 is 20.9 Å². The normalized spacial score (nSPS) is 16.8. The maximum absolute atomic E-state index is 11.0. The third-order valence-corrected chi connectivity index (χ3v) is 7.08. The van der Waals surface area contributed by atoms with Gasteiger partial charge < -0.3 is 15.1 Å². The minimum Gasteiger partial charge on any atom is -0.508 e. The number of aliphatic hydroxyl groups is 1. The van der Waals surface area contributed by atoms with E-state index in [9.17, 15) is 18.6 Å². The van der Waals surface area contributed by atoms with Crippen LogP contribution >= 0.6 is 0 Å². The summed E-state index contributed by atoms with van der Waals surface area (Å²) in [6.07, 6.45) is 5.21. The van der Waals surface area contributed by atoms with E-state index in [-0.39, 0.29) is 16.6 Å². The van der Waals surface area contributed by atoms with Gasteiger partial charge in [0, 0.05) is 12.5 Å². The van der Waals surface area contributed by atoms with E-state index in [4.69, 9.17) is 4.55 Å². The van der Waals surface area contributed by atoms with Gasteiger partial charge in [0.15, 0.2) is 0 Å². The SMILES string of the molecule is CN(C)CC(c1ccc(O)cc1)C1(O)CCCCC1.O=S(=O)(O)c1ccc2ccccc2c1. The Hall–Kier alpha value is -2.45. The van der Waals surface area contributed by atoms with Gasteiger partial charge in [-0.1, -0.05) is 61.7 Å². The topological polar surface area (TPSA) is 98.1 Å². The van der Waals surface area contributed by atoms with E-state index in [1.54, 1.807) is 24.3 Å². The molecular weight excluding hydrogens is 438 g/mol. The summed E-state index contributed by atoms with van der Waals surface area (Å²) in [7, 11) is -0.0117. The van der Waals surface area contributed by atoms with E-state index >= 15 is 0 Å². The maximum atomic E-state index is 11.0. The predicted molar refractivity (Wildman–Crippen MR) is 131 cm³/mol.